The smallest absolute Gasteiger partial charge is 0.244 e. The van der Waals surface area contributed by atoms with Crippen LogP contribution in [0.4, 0.5) is 4.39 Å². The molecule has 2 N–H and O–H groups in total. The molecule has 1 aromatic heterocycles. The quantitative estimate of drug-likeness (QED) is 0.910. The Bertz CT molecular complexity index is 586. The summed E-state index contributed by atoms with van der Waals surface area (Å²) in [6.45, 7) is 4.07. The summed E-state index contributed by atoms with van der Waals surface area (Å²) < 4.78 is 23.5. The Morgan fingerprint density at radius 2 is 2.20 bits per heavy atom. The van der Waals surface area contributed by atoms with E-state index in [0.29, 0.717) is 17.3 Å². The van der Waals surface area contributed by atoms with Gasteiger partial charge in [-0.3, -0.25) is 0 Å². The third-order valence-electron chi connectivity index (χ3n) is 3.39. The fraction of sp³-hybridized carbons (Fsp3) is 0.429. The molecular formula is C14H18FN3O2. The number of halogens is 1. The highest BCUT2D eigenvalue weighted by Crippen LogP contribution is 2.26. The molecule has 0 fully saturated rings. The van der Waals surface area contributed by atoms with Gasteiger partial charge in [-0.05, 0) is 24.1 Å². The minimum absolute atomic E-state index is 0.139. The summed E-state index contributed by atoms with van der Waals surface area (Å²) in [7, 11) is 1.41. The summed E-state index contributed by atoms with van der Waals surface area (Å²) >= 11 is 0. The topological polar surface area (TPSA) is 74.2 Å². The molecule has 0 spiro atoms. The van der Waals surface area contributed by atoms with Gasteiger partial charge in [-0.2, -0.15) is 4.98 Å². The number of nitrogens with two attached hydrogens (primary N) is 1. The van der Waals surface area contributed by atoms with Gasteiger partial charge in [0.05, 0.1) is 13.2 Å². The Kier molecular flexibility index (Phi) is 4.34. The largest absolute Gasteiger partial charge is 0.494 e. The molecule has 0 radical (unpaired) electrons. The second-order valence-electron chi connectivity index (χ2n) is 4.72. The van der Waals surface area contributed by atoms with Crippen LogP contribution in [0, 0.1) is 11.7 Å². The van der Waals surface area contributed by atoms with Gasteiger partial charge in [0.2, 0.25) is 11.7 Å². The highest BCUT2D eigenvalue weighted by atomic mass is 19.1. The van der Waals surface area contributed by atoms with E-state index in [0.717, 1.165) is 6.42 Å². The Balaban J connectivity index is 2.29. The van der Waals surface area contributed by atoms with Crippen LogP contribution in [0.3, 0.4) is 0 Å². The molecule has 1 heterocycles. The highest BCUT2D eigenvalue weighted by Gasteiger charge is 2.20. The maximum absolute atomic E-state index is 13.4. The minimum atomic E-state index is -0.434. The van der Waals surface area contributed by atoms with Gasteiger partial charge < -0.3 is 15.0 Å². The fourth-order valence-corrected chi connectivity index (χ4v) is 1.78. The van der Waals surface area contributed by atoms with Gasteiger partial charge >= 0.3 is 0 Å². The van der Waals surface area contributed by atoms with Crippen LogP contribution in [0.5, 0.6) is 5.75 Å². The van der Waals surface area contributed by atoms with E-state index in [4.69, 9.17) is 15.0 Å². The Morgan fingerprint density at radius 3 is 2.85 bits per heavy atom. The van der Waals surface area contributed by atoms with Crippen molar-refractivity contribution >= 4 is 0 Å². The van der Waals surface area contributed by atoms with Crippen molar-refractivity contribution in [1.29, 1.82) is 0 Å². The van der Waals surface area contributed by atoms with Crippen LogP contribution in [0.25, 0.3) is 11.4 Å². The van der Waals surface area contributed by atoms with Crippen molar-refractivity contribution < 1.29 is 13.7 Å². The summed E-state index contributed by atoms with van der Waals surface area (Å²) in [5.74, 6) is 0.706. The van der Waals surface area contributed by atoms with Crippen LogP contribution in [0.1, 0.15) is 32.2 Å². The van der Waals surface area contributed by atoms with Crippen molar-refractivity contribution in [3.05, 3.63) is 29.9 Å². The van der Waals surface area contributed by atoms with Crippen molar-refractivity contribution in [2.75, 3.05) is 7.11 Å². The number of nitrogens with zero attached hydrogens (tertiary/aromatic N) is 2. The molecule has 108 valence electrons. The average molecular weight is 279 g/mol. The second-order valence-corrected chi connectivity index (χ2v) is 4.72. The molecule has 0 aliphatic carbocycles. The van der Waals surface area contributed by atoms with E-state index in [2.05, 4.69) is 10.1 Å². The number of hydrogen-bond acceptors (Lipinski definition) is 5. The molecule has 5 nitrogen and oxygen atoms in total. The Morgan fingerprint density at radius 1 is 1.45 bits per heavy atom. The normalized spacial score (nSPS) is 14.1. The molecule has 0 amide bonds. The lowest BCUT2D eigenvalue weighted by atomic mass is 10.0. The summed E-state index contributed by atoms with van der Waals surface area (Å²) in [6.07, 6.45) is 0.920. The molecule has 0 aliphatic rings. The van der Waals surface area contributed by atoms with E-state index in [1.165, 1.54) is 19.2 Å². The first-order valence-corrected chi connectivity index (χ1v) is 6.49. The summed E-state index contributed by atoms with van der Waals surface area (Å²) in [4.78, 5) is 4.27. The second kappa shape index (κ2) is 6.00. The first-order chi connectivity index (χ1) is 9.56. The van der Waals surface area contributed by atoms with E-state index in [1.807, 2.05) is 13.8 Å². The molecule has 2 rings (SSSR count). The highest BCUT2D eigenvalue weighted by molar-refractivity contribution is 5.57. The van der Waals surface area contributed by atoms with Crippen LogP contribution in [0.15, 0.2) is 22.7 Å². The number of rotatable bonds is 5. The summed E-state index contributed by atoms with van der Waals surface area (Å²) in [6, 6.07) is 4.10. The zero-order chi connectivity index (χ0) is 14.7. The van der Waals surface area contributed by atoms with E-state index in [9.17, 15) is 4.39 Å². The van der Waals surface area contributed by atoms with Gasteiger partial charge in [-0.1, -0.05) is 25.4 Å². The van der Waals surface area contributed by atoms with Crippen LogP contribution in [0.2, 0.25) is 0 Å². The molecule has 2 unspecified atom stereocenters. The first-order valence-electron chi connectivity index (χ1n) is 6.49. The number of benzene rings is 1. The van der Waals surface area contributed by atoms with Gasteiger partial charge in [-0.15, -0.1) is 0 Å². The van der Waals surface area contributed by atoms with Gasteiger partial charge in [0, 0.05) is 5.56 Å². The summed E-state index contributed by atoms with van der Waals surface area (Å²) in [5, 5.41) is 3.89. The molecule has 0 bridgehead atoms. The summed E-state index contributed by atoms with van der Waals surface area (Å²) in [5.41, 5.74) is 6.66. The fourth-order valence-electron chi connectivity index (χ4n) is 1.78. The standard InChI is InChI=1S/C14H18FN3O2/c1-4-8(2)12(16)14-17-13(18-20-14)9-5-6-10(15)11(7-9)19-3/h5-8,12H,4,16H2,1-3H3. The third kappa shape index (κ3) is 2.80. The lowest BCUT2D eigenvalue weighted by Gasteiger charge is -2.12. The lowest BCUT2D eigenvalue weighted by molar-refractivity contribution is 0.312. The van der Waals surface area contributed by atoms with Crippen LogP contribution < -0.4 is 10.5 Å². The molecule has 20 heavy (non-hydrogen) atoms. The molecule has 6 heteroatoms. The number of hydrogen-bond donors (Lipinski definition) is 1. The van der Waals surface area contributed by atoms with Gasteiger partial charge in [0.15, 0.2) is 11.6 Å². The maximum atomic E-state index is 13.4. The SMILES string of the molecule is CCC(C)C(N)c1nc(-c2ccc(F)c(OC)c2)no1. The van der Waals surface area contributed by atoms with Crippen LogP contribution >= 0.6 is 0 Å². The number of aromatic nitrogens is 2. The van der Waals surface area contributed by atoms with E-state index >= 15 is 0 Å². The zero-order valence-electron chi connectivity index (χ0n) is 11.8. The van der Waals surface area contributed by atoms with Crippen molar-refractivity contribution in [2.45, 2.75) is 26.3 Å². The molecule has 2 aromatic rings. The van der Waals surface area contributed by atoms with E-state index < -0.39 is 5.82 Å². The average Bonchev–Trinajstić information content (AvgIpc) is 2.95. The van der Waals surface area contributed by atoms with Crippen LogP contribution in [-0.4, -0.2) is 17.3 Å². The van der Waals surface area contributed by atoms with E-state index in [-0.39, 0.29) is 17.7 Å². The predicted molar refractivity (Wildman–Crippen MR) is 72.6 cm³/mol. The molecule has 2 atom stereocenters. The van der Waals surface area contributed by atoms with Crippen molar-refractivity contribution in [3.8, 4) is 17.1 Å². The van der Waals surface area contributed by atoms with Crippen molar-refractivity contribution in [2.24, 2.45) is 11.7 Å². The van der Waals surface area contributed by atoms with Crippen LogP contribution in [-0.2, 0) is 0 Å². The third-order valence-corrected chi connectivity index (χ3v) is 3.39. The molecule has 0 aliphatic heterocycles. The van der Waals surface area contributed by atoms with Crippen molar-refractivity contribution in [3.63, 3.8) is 0 Å². The van der Waals surface area contributed by atoms with Gasteiger partial charge in [0.1, 0.15) is 0 Å². The number of ether oxygens (including phenoxy) is 1. The molecule has 0 saturated heterocycles. The van der Waals surface area contributed by atoms with Gasteiger partial charge in [0.25, 0.3) is 0 Å². The minimum Gasteiger partial charge on any atom is -0.494 e. The van der Waals surface area contributed by atoms with Crippen molar-refractivity contribution in [1.82, 2.24) is 10.1 Å². The monoisotopic (exact) mass is 279 g/mol. The number of methoxy groups -OCH3 is 1. The maximum Gasteiger partial charge on any atom is 0.244 e. The molecule has 1 aromatic carbocycles. The molecule has 0 saturated carbocycles. The first kappa shape index (κ1) is 14.5. The zero-order valence-corrected chi connectivity index (χ0v) is 11.8. The predicted octanol–water partition coefficient (Wildman–Crippen LogP) is 2.93. The van der Waals surface area contributed by atoms with Gasteiger partial charge in [-0.25, -0.2) is 4.39 Å². The lowest BCUT2D eigenvalue weighted by Crippen LogP contribution is -2.18. The Labute approximate surface area is 116 Å². The van der Waals surface area contributed by atoms with E-state index in [1.54, 1.807) is 6.07 Å². The molecular weight excluding hydrogens is 261 g/mol. The Hall–Kier alpha value is -1.95.